The lowest BCUT2D eigenvalue weighted by Gasteiger charge is -2.20. The van der Waals surface area contributed by atoms with Gasteiger partial charge >= 0.3 is 5.97 Å². The minimum Gasteiger partial charge on any atom is -0.423 e. The largest absolute Gasteiger partial charge is 0.423 e. The molecule has 0 fully saturated rings. The second kappa shape index (κ2) is 6.18. The number of esters is 1. The van der Waals surface area contributed by atoms with Gasteiger partial charge in [0.15, 0.2) is 0 Å². The number of aryl methyl sites for hydroxylation is 1. The van der Waals surface area contributed by atoms with E-state index in [2.05, 4.69) is 49.4 Å². The van der Waals surface area contributed by atoms with Gasteiger partial charge in [0, 0.05) is 3.57 Å². The number of carbonyl (C=O) groups excluding carboxylic acids is 1. The Morgan fingerprint density at radius 2 is 1.76 bits per heavy atom. The van der Waals surface area contributed by atoms with Gasteiger partial charge in [0.25, 0.3) is 0 Å². The maximum atomic E-state index is 12.2. The predicted molar refractivity (Wildman–Crippen MR) is 94.0 cm³/mol. The van der Waals surface area contributed by atoms with Crippen LogP contribution in [0.15, 0.2) is 42.5 Å². The molecule has 0 unspecified atom stereocenters. The van der Waals surface area contributed by atoms with E-state index in [0.29, 0.717) is 11.3 Å². The molecular weight excluding hydrogens is 375 g/mol. The summed E-state index contributed by atoms with van der Waals surface area (Å²) < 4.78 is 6.43. The van der Waals surface area contributed by atoms with Crippen molar-refractivity contribution in [1.29, 1.82) is 0 Å². The van der Waals surface area contributed by atoms with Crippen LogP contribution in [0.5, 0.6) is 5.75 Å². The summed E-state index contributed by atoms with van der Waals surface area (Å²) in [5, 5.41) is 0. The van der Waals surface area contributed by atoms with Crippen LogP contribution in [-0.4, -0.2) is 5.97 Å². The second-order valence-corrected chi connectivity index (χ2v) is 7.26. The molecule has 0 saturated carbocycles. The van der Waals surface area contributed by atoms with Gasteiger partial charge in [-0.3, -0.25) is 0 Å². The third-order valence-corrected chi connectivity index (χ3v) is 4.28. The first-order valence-corrected chi connectivity index (χ1v) is 7.95. The molecule has 3 heteroatoms. The number of carbonyl (C=O) groups is 1. The third-order valence-electron chi connectivity index (χ3n) is 3.34. The first kappa shape index (κ1) is 16.0. The molecule has 2 nitrogen and oxygen atoms in total. The highest BCUT2D eigenvalue weighted by molar-refractivity contribution is 14.1. The van der Waals surface area contributed by atoms with Crippen molar-refractivity contribution in [3.05, 3.63) is 62.7 Å². The van der Waals surface area contributed by atoms with Crippen LogP contribution in [0, 0.1) is 10.5 Å². The van der Waals surface area contributed by atoms with E-state index in [1.807, 2.05) is 37.3 Å². The Morgan fingerprint density at radius 1 is 1.10 bits per heavy atom. The van der Waals surface area contributed by atoms with Gasteiger partial charge in [0.05, 0.1) is 5.56 Å². The number of rotatable bonds is 2. The topological polar surface area (TPSA) is 26.3 Å². The van der Waals surface area contributed by atoms with Crippen LogP contribution in [-0.2, 0) is 5.41 Å². The van der Waals surface area contributed by atoms with E-state index < -0.39 is 0 Å². The van der Waals surface area contributed by atoms with Crippen LogP contribution in [0.25, 0.3) is 0 Å². The van der Waals surface area contributed by atoms with Crippen molar-refractivity contribution in [2.75, 3.05) is 0 Å². The van der Waals surface area contributed by atoms with Crippen LogP contribution in [0.2, 0.25) is 0 Å². The summed E-state index contributed by atoms with van der Waals surface area (Å²) in [6.45, 7) is 8.47. The van der Waals surface area contributed by atoms with Gasteiger partial charge in [0.2, 0.25) is 0 Å². The van der Waals surface area contributed by atoms with E-state index >= 15 is 0 Å². The average molecular weight is 394 g/mol. The molecule has 0 aliphatic rings. The molecule has 110 valence electrons. The molecule has 0 atom stereocenters. The van der Waals surface area contributed by atoms with Crippen LogP contribution in [0.4, 0.5) is 0 Å². The Hall–Kier alpha value is -1.36. The van der Waals surface area contributed by atoms with Crippen molar-refractivity contribution in [3.63, 3.8) is 0 Å². The quantitative estimate of drug-likeness (QED) is 0.402. The van der Waals surface area contributed by atoms with Crippen molar-refractivity contribution in [2.45, 2.75) is 33.1 Å². The fourth-order valence-electron chi connectivity index (χ4n) is 2.01. The monoisotopic (exact) mass is 394 g/mol. The fourth-order valence-corrected chi connectivity index (χ4v) is 2.62. The van der Waals surface area contributed by atoms with Crippen molar-refractivity contribution in [2.24, 2.45) is 0 Å². The first-order valence-electron chi connectivity index (χ1n) is 6.87. The molecule has 2 aromatic carbocycles. The summed E-state index contributed by atoms with van der Waals surface area (Å²) in [5.41, 5.74) is 2.88. The molecule has 0 aromatic heterocycles. The van der Waals surface area contributed by atoms with Crippen LogP contribution >= 0.6 is 22.6 Å². The zero-order valence-corrected chi connectivity index (χ0v) is 14.9. The van der Waals surface area contributed by atoms with E-state index in [0.717, 1.165) is 9.13 Å². The normalized spacial score (nSPS) is 11.3. The van der Waals surface area contributed by atoms with Crippen molar-refractivity contribution < 1.29 is 9.53 Å². The van der Waals surface area contributed by atoms with E-state index in [1.54, 1.807) is 6.07 Å². The molecule has 0 aliphatic carbocycles. The Labute approximate surface area is 139 Å². The Morgan fingerprint density at radius 3 is 2.33 bits per heavy atom. The van der Waals surface area contributed by atoms with Gasteiger partial charge in [-0.1, -0.05) is 45.0 Å². The van der Waals surface area contributed by atoms with Crippen molar-refractivity contribution in [3.8, 4) is 5.75 Å². The molecule has 0 spiro atoms. The molecule has 2 rings (SSSR count). The SMILES string of the molecule is Cc1cc(C(C)(C)C)ccc1OC(=O)c1ccccc1I. The van der Waals surface area contributed by atoms with Gasteiger partial charge in [-0.2, -0.15) is 0 Å². The molecule has 0 N–H and O–H groups in total. The standard InChI is InChI=1S/C18H19IO2/c1-12-11-13(18(2,3)4)9-10-16(12)21-17(20)14-7-5-6-8-15(14)19/h5-11H,1-4H3. The fraction of sp³-hybridized carbons (Fsp3) is 0.278. The summed E-state index contributed by atoms with van der Waals surface area (Å²) in [7, 11) is 0. The van der Waals surface area contributed by atoms with E-state index in [1.165, 1.54) is 5.56 Å². The van der Waals surface area contributed by atoms with Crippen LogP contribution in [0.1, 0.15) is 42.3 Å². The molecular formula is C18H19IO2. The van der Waals surface area contributed by atoms with Gasteiger partial charge in [-0.05, 0) is 64.3 Å². The predicted octanol–water partition coefficient (Wildman–Crippen LogP) is 5.12. The summed E-state index contributed by atoms with van der Waals surface area (Å²) in [5.74, 6) is 0.305. The lowest BCUT2D eigenvalue weighted by atomic mass is 9.86. The summed E-state index contributed by atoms with van der Waals surface area (Å²) in [6, 6.07) is 13.4. The number of hydrogen-bond acceptors (Lipinski definition) is 2. The molecule has 21 heavy (non-hydrogen) atoms. The van der Waals surface area contributed by atoms with Crippen molar-refractivity contribution in [1.82, 2.24) is 0 Å². The molecule has 0 aliphatic heterocycles. The van der Waals surface area contributed by atoms with Gasteiger partial charge in [-0.15, -0.1) is 0 Å². The molecule has 0 radical (unpaired) electrons. The maximum absolute atomic E-state index is 12.2. The third kappa shape index (κ3) is 3.84. The smallest absolute Gasteiger partial charge is 0.344 e. The summed E-state index contributed by atoms with van der Waals surface area (Å²) in [6.07, 6.45) is 0. The van der Waals surface area contributed by atoms with E-state index in [9.17, 15) is 4.79 Å². The molecule has 0 amide bonds. The molecule has 0 heterocycles. The second-order valence-electron chi connectivity index (χ2n) is 6.10. The number of benzene rings is 2. The highest BCUT2D eigenvalue weighted by Crippen LogP contribution is 2.28. The number of ether oxygens (including phenoxy) is 1. The minimum absolute atomic E-state index is 0.0854. The molecule has 0 saturated heterocycles. The summed E-state index contributed by atoms with van der Waals surface area (Å²) in [4.78, 5) is 12.2. The Balaban J connectivity index is 2.25. The molecule has 0 bridgehead atoms. The maximum Gasteiger partial charge on any atom is 0.344 e. The number of hydrogen-bond donors (Lipinski definition) is 0. The van der Waals surface area contributed by atoms with Gasteiger partial charge in [0.1, 0.15) is 5.75 Å². The minimum atomic E-state index is -0.313. The Bertz CT molecular complexity index is 669. The lowest BCUT2D eigenvalue weighted by molar-refractivity contribution is 0.0732. The van der Waals surface area contributed by atoms with Gasteiger partial charge < -0.3 is 4.74 Å². The first-order chi connectivity index (χ1) is 9.79. The van der Waals surface area contributed by atoms with E-state index in [4.69, 9.17) is 4.74 Å². The Kier molecular flexibility index (Phi) is 4.71. The highest BCUT2D eigenvalue weighted by atomic mass is 127. The lowest BCUT2D eigenvalue weighted by Crippen LogP contribution is -2.13. The number of halogens is 1. The zero-order valence-electron chi connectivity index (χ0n) is 12.7. The van der Waals surface area contributed by atoms with Crippen LogP contribution < -0.4 is 4.74 Å². The van der Waals surface area contributed by atoms with Gasteiger partial charge in [-0.25, -0.2) is 4.79 Å². The zero-order chi connectivity index (χ0) is 15.6. The van der Waals surface area contributed by atoms with E-state index in [-0.39, 0.29) is 11.4 Å². The van der Waals surface area contributed by atoms with Crippen molar-refractivity contribution >= 4 is 28.6 Å². The highest BCUT2D eigenvalue weighted by Gasteiger charge is 2.17. The van der Waals surface area contributed by atoms with Crippen LogP contribution in [0.3, 0.4) is 0 Å². The summed E-state index contributed by atoms with van der Waals surface area (Å²) >= 11 is 2.14. The molecule has 2 aromatic rings. The average Bonchev–Trinajstić information content (AvgIpc) is 2.40.